The molecule has 0 bridgehead atoms. The highest BCUT2D eigenvalue weighted by molar-refractivity contribution is 5.26. The van der Waals surface area contributed by atoms with Gasteiger partial charge in [0.25, 0.3) is 0 Å². The number of nitrogens with zero attached hydrogens (tertiary/aromatic N) is 1. The standard InChI is InChI=1S/C21H25NO2/c23-20-8-6-16(7-9-20)10-11-22-14-17-12-21(24,13-18(17)15-22)19-4-2-1-3-5-19/h1-9,17-18,23-24H,10-15H2/t17-,18+,21-. The van der Waals surface area contributed by atoms with Crippen LogP contribution in [-0.4, -0.2) is 34.7 Å². The molecule has 2 fully saturated rings. The van der Waals surface area contributed by atoms with E-state index in [1.807, 2.05) is 30.3 Å². The number of rotatable bonds is 4. The van der Waals surface area contributed by atoms with Crippen LogP contribution in [0.15, 0.2) is 54.6 Å². The predicted molar refractivity (Wildman–Crippen MR) is 94.8 cm³/mol. The van der Waals surface area contributed by atoms with Gasteiger partial charge in [-0.1, -0.05) is 42.5 Å². The van der Waals surface area contributed by atoms with Gasteiger partial charge in [-0.2, -0.15) is 0 Å². The van der Waals surface area contributed by atoms with Crippen LogP contribution in [0.2, 0.25) is 0 Å². The van der Waals surface area contributed by atoms with E-state index in [-0.39, 0.29) is 0 Å². The lowest BCUT2D eigenvalue weighted by atomic mass is 9.90. The van der Waals surface area contributed by atoms with Gasteiger partial charge in [-0.25, -0.2) is 0 Å². The Morgan fingerprint density at radius 3 is 2.17 bits per heavy atom. The number of hydrogen-bond donors (Lipinski definition) is 2. The molecule has 24 heavy (non-hydrogen) atoms. The van der Waals surface area contributed by atoms with Gasteiger partial charge in [-0.15, -0.1) is 0 Å². The third-order valence-corrected chi connectivity index (χ3v) is 5.82. The van der Waals surface area contributed by atoms with E-state index in [1.165, 1.54) is 5.56 Å². The summed E-state index contributed by atoms with van der Waals surface area (Å²) in [6.07, 6.45) is 2.79. The molecule has 2 aliphatic rings. The van der Waals surface area contributed by atoms with Crippen LogP contribution in [0.25, 0.3) is 0 Å². The summed E-state index contributed by atoms with van der Waals surface area (Å²) in [6, 6.07) is 17.7. The number of fused-ring (bicyclic) bond motifs is 1. The summed E-state index contributed by atoms with van der Waals surface area (Å²) in [5, 5.41) is 20.4. The van der Waals surface area contributed by atoms with Gasteiger partial charge in [-0.05, 0) is 54.4 Å². The van der Waals surface area contributed by atoms with Gasteiger partial charge in [0.2, 0.25) is 0 Å². The number of hydrogen-bond acceptors (Lipinski definition) is 3. The topological polar surface area (TPSA) is 43.7 Å². The maximum absolute atomic E-state index is 11.0. The minimum absolute atomic E-state index is 0.328. The SMILES string of the molecule is Oc1ccc(CCN2C[C@@H]3C[C@@](O)(c4ccccc4)C[C@@H]3C2)cc1. The predicted octanol–water partition coefficient (Wildman–Crippen LogP) is 3.16. The average molecular weight is 323 g/mol. The molecule has 1 aliphatic heterocycles. The maximum Gasteiger partial charge on any atom is 0.115 e. The average Bonchev–Trinajstić information content (AvgIpc) is 3.10. The molecular weight excluding hydrogens is 298 g/mol. The van der Waals surface area contributed by atoms with Crippen LogP contribution in [0, 0.1) is 11.8 Å². The van der Waals surface area contributed by atoms with Gasteiger partial charge < -0.3 is 15.1 Å². The second-order valence-electron chi connectivity index (χ2n) is 7.50. The van der Waals surface area contributed by atoms with Gasteiger partial charge >= 0.3 is 0 Å². The third-order valence-electron chi connectivity index (χ3n) is 5.82. The molecule has 3 nitrogen and oxygen atoms in total. The zero-order chi connectivity index (χ0) is 16.6. The summed E-state index contributed by atoms with van der Waals surface area (Å²) < 4.78 is 0. The van der Waals surface area contributed by atoms with Gasteiger partial charge in [0, 0.05) is 19.6 Å². The Balaban J connectivity index is 1.34. The quantitative estimate of drug-likeness (QED) is 0.908. The lowest BCUT2D eigenvalue weighted by molar-refractivity contribution is 0.0314. The molecule has 4 rings (SSSR count). The van der Waals surface area contributed by atoms with Crippen LogP contribution in [-0.2, 0) is 12.0 Å². The molecule has 0 spiro atoms. The number of phenols is 1. The second kappa shape index (κ2) is 6.23. The molecular formula is C21H25NO2. The molecule has 0 aromatic heterocycles. The van der Waals surface area contributed by atoms with Crippen LogP contribution in [0.1, 0.15) is 24.0 Å². The maximum atomic E-state index is 11.0. The van der Waals surface area contributed by atoms with E-state index in [0.717, 1.165) is 44.5 Å². The van der Waals surface area contributed by atoms with Crippen LogP contribution in [0.5, 0.6) is 5.75 Å². The van der Waals surface area contributed by atoms with E-state index in [2.05, 4.69) is 17.0 Å². The van der Waals surface area contributed by atoms with E-state index in [1.54, 1.807) is 12.1 Å². The van der Waals surface area contributed by atoms with Crippen LogP contribution in [0.3, 0.4) is 0 Å². The number of benzene rings is 2. The Morgan fingerprint density at radius 2 is 1.54 bits per heavy atom. The number of phenolic OH excluding ortho intramolecular Hbond substituents is 1. The first-order valence-electron chi connectivity index (χ1n) is 8.90. The van der Waals surface area contributed by atoms with Crippen molar-refractivity contribution in [2.75, 3.05) is 19.6 Å². The number of likely N-dealkylation sites (tertiary alicyclic amines) is 1. The molecule has 126 valence electrons. The molecule has 2 aromatic rings. The molecule has 3 heteroatoms. The summed E-state index contributed by atoms with van der Waals surface area (Å²) in [4.78, 5) is 2.53. The highest BCUT2D eigenvalue weighted by atomic mass is 16.3. The number of aliphatic hydroxyl groups is 1. The van der Waals surface area contributed by atoms with Crippen molar-refractivity contribution in [1.29, 1.82) is 0 Å². The Bertz CT molecular complexity index is 669. The molecule has 3 atom stereocenters. The van der Waals surface area contributed by atoms with Crippen LogP contribution >= 0.6 is 0 Å². The van der Waals surface area contributed by atoms with Crippen LogP contribution < -0.4 is 0 Å². The molecule has 0 radical (unpaired) electrons. The van der Waals surface area contributed by atoms with E-state index in [4.69, 9.17) is 0 Å². The molecule has 2 N–H and O–H groups in total. The molecule has 1 saturated carbocycles. The van der Waals surface area contributed by atoms with E-state index in [9.17, 15) is 10.2 Å². The zero-order valence-electron chi connectivity index (χ0n) is 13.9. The Labute approximate surface area is 143 Å². The van der Waals surface area contributed by atoms with Gasteiger partial charge in [0.05, 0.1) is 5.60 Å². The summed E-state index contributed by atoms with van der Waals surface area (Å²) in [5.74, 6) is 1.54. The van der Waals surface area contributed by atoms with E-state index in [0.29, 0.717) is 17.6 Å². The second-order valence-corrected chi connectivity index (χ2v) is 7.50. The van der Waals surface area contributed by atoms with E-state index < -0.39 is 5.60 Å². The molecule has 0 amide bonds. The first-order chi connectivity index (χ1) is 11.6. The van der Waals surface area contributed by atoms with Crippen molar-refractivity contribution in [3.8, 4) is 5.75 Å². The summed E-state index contributed by atoms with van der Waals surface area (Å²) in [6.45, 7) is 3.25. The van der Waals surface area contributed by atoms with Gasteiger partial charge in [0.1, 0.15) is 5.75 Å². The van der Waals surface area contributed by atoms with Crippen molar-refractivity contribution in [2.24, 2.45) is 11.8 Å². The van der Waals surface area contributed by atoms with E-state index >= 15 is 0 Å². The fourth-order valence-electron chi connectivity index (χ4n) is 4.57. The van der Waals surface area contributed by atoms with Gasteiger partial charge in [-0.3, -0.25) is 0 Å². The normalized spacial score (nSPS) is 29.7. The third kappa shape index (κ3) is 3.06. The van der Waals surface area contributed by atoms with Crippen molar-refractivity contribution in [3.63, 3.8) is 0 Å². The fraction of sp³-hybridized carbons (Fsp3) is 0.429. The van der Waals surface area contributed by atoms with Crippen molar-refractivity contribution in [1.82, 2.24) is 4.90 Å². The minimum Gasteiger partial charge on any atom is -0.508 e. The summed E-state index contributed by atoms with van der Waals surface area (Å²) in [7, 11) is 0. The highest BCUT2D eigenvalue weighted by Crippen LogP contribution is 2.48. The smallest absolute Gasteiger partial charge is 0.115 e. The lowest BCUT2D eigenvalue weighted by Crippen LogP contribution is -2.29. The van der Waals surface area contributed by atoms with Crippen molar-refractivity contribution >= 4 is 0 Å². The molecule has 0 unspecified atom stereocenters. The monoisotopic (exact) mass is 323 g/mol. The summed E-state index contributed by atoms with van der Waals surface area (Å²) >= 11 is 0. The van der Waals surface area contributed by atoms with Crippen molar-refractivity contribution < 1.29 is 10.2 Å². The molecule has 1 saturated heterocycles. The Kier molecular flexibility index (Phi) is 4.07. The minimum atomic E-state index is -0.625. The summed E-state index contributed by atoms with van der Waals surface area (Å²) in [5.41, 5.74) is 1.72. The van der Waals surface area contributed by atoms with Gasteiger partial charge in [0.15, 0.2) is 0 Å². The van der Waals surface area contributed by atoms with Crippen molar-refractivity contribution in [3.05, 3.63) is 65.7 Å². The largest absolute Gasteiger partial charge is 0.508 e. The first kappa shape index (κ1) is 15.7. The molecule has 1 aliphatic carbocycles. The fourth-order valence-corrected chi connectivity index (χ4v) is 4.57. The number of aromatic hydroxyl groups is 1. The Morgan fingerprint density at radius 1 is 0.917 bits per heavy atom. The molecule has 1 heterocycles. The Hall–Kier alpha value is -1.84. The van der Waals surface area contributed by atoms with Crippen molar-refractivity contribution in [2.45, 2.75) is 24.9 Å². The highest BCUT2D eigenvalue weighted by Gasteiger charge is 2.48. The molecule has 2 aromatic carbocycles. The lowest BCUT2D eigenvalue weighted by Gasteiger charge is -2.26. The zero-order valence-corrected chi connectivity index (χ0v) is 13.9. The first-order valence-corrected chi connectivity index (χ1v) is 8.90. The van der Waals surface area contributed by atoms with Crippen LogP contribution in [0.4, 0.5) is 0 Å².